The summed E-state index contributed by atoms with van der Waals surface area (Å²) in [6.45, 7) is 0.188. The number of benzene rings is 2. The summed E-state index contributed by atoms with van der Waals surface area (Å²) < 4.78 is 1.78. The summed E-state index contributed by atoms with van der Waals surface area (Å²) in [6, 6.07) is 18.9. The summed E-state index contributed by atoms with van der Waals surface area (Å²) in [4.78, 5) is 26.9. The maximum Gasteiger partial charge on any atom is 0.322 e. The Morgan fingerprint density at radius 1 is 1.03 bits per heavy atom. The van der Waals surface area contributed by atoms with Crippen LogP contribution in [0.15, 0.2) is 66.9 Å². The Kier molecular flexibility index (Phi) is 4.98. The molecular weight excluding hydrogens is 370 g/mol. The van der Waals surface area contributed by atoms with E-state index in [0.29, 0.717) is 12.1 Å². The number of carboxylic acid groups (broad SMARTS) is 1. The Balaban J connectivity index is 1.54. The van der Waals surface area contributed by atoms with Gasteiger partial charge in [-0.1, -0.05) is 47.7 Å². The molecule has 0 aliphatic rings. The maximum absolute atomic E-state index is 12.0. The topological polar surface area (TPSA) is 110 Å². The summed E-state index contributed by atoms with van der Waals surface area (Å²) in [5.74, 6) is -1.63. The predicted octanol–water partition coefficient (Wildman–Crippen LogP) is 2.36. The zero-order valence-corrected chi connectivity index (χ0v) is 15.3. The van der Waals surface area contributed by atoms with Crippen molar-refractivity contribution in [3.63, 3.8) is 0 Å². The lowest BCUT2D eigenvalue weighted by Crippen LogP contribution is -2.29. The molecule has 2 N–H and O–H groups in total. The molecule has 144 valence electrons. The number of carboxylic acids is 1. The van der Waals surface area contributed by atoms with Gasteiger partial charge in [0.2, 0.25) is 0 Å². The summed E-state index contributed by atoms with van der Waals surface area (Å²) in [7, 11) is 0. The predicted molar refractivity (Wildman–Crippen MR) is 106 cm³/mol. The number of amides is 1. The van der Waals surface area contributed by atoms with E-state index in [1.54, 1.807) is 22.9 Å². The van der Waals surface area contributed by atoms with Crippen molar-refractivity contribution in [1.82, 2.24) is 25.3 Å². The standard InChI is InChI=1S/C21H17N5O3/c27-20(28)11-22-21(29)18-9-7-15-10-16(6-8-17(15)23-18)19-13-26(25-24-19)12-14-4-2-1-3-5-14/h1-10,13H,11-12H2,(H,22,29)(H,27,28). The molecule has 2 aromatic carbocycles. The molecule has 0 bridgehead atoms. The van der Waals surface area contributed by atoms with Gasteiger partial charge in [0.15, 0.2) is 0 Å². The average Bonchev–Trinajstić information content (AvgIpc) is 3.20. The van der Waals surface area contributed by atoms with Crippen LogP contribution < -0.4 is 5.32 Å². The molecule has 0 fully saturated rings. The number of pyridine rings is 1. The highest BCUT2D eigenvalue weighted by atomic mass is 16.4. The molecule has 0 saturated heterocycles. The minimum Gasteiger partial charge on any atom is -0.480 e. The SMILES string of the molecule is O=C(O)CNC(=O)c1ccc2cc(-c3cn(Cc4ccccc4)nn3)ccc2n1. The fourth-order valence-electron chi connectivity index (χ4n) is 2.94. The normalized spacial score (nSPS) is 10.8. The zero-order valence-electron chi connectivity index (χ0n) is 15.3. The van der Waals surface area contributed by atoms with Crippen LogP contribution in [-0.4, -0.2) is 43.5 Å². The molecule has 0 saturated carbocycles. The molecular formula is C21H17N5O3. The van der Waals surface area contributed by atoms with Crippen LogP contribution in [0.4, 0.5) is 0 Å². The number of fused-ring (bicyclic) bond motifs is 1. The quantitative estimate of drug-likeness (QED) is 0.526. The number of rotatable bonds is 6. The number of aromatic nitrogens is 4. The van der Waals surface area contributed by atoms with Crippen molar-refractivity contribution in [2.45, 2.75) is 6.54 Å². The Bertz CT molecular complexity index is 1190. The Hall–Kier alpha value is -4.07. The molecule has 0 aliphatic heterocycles. The molecule has 8 nitrogen and oxygen atoms in total. The van der Waals surface area contributed by atoms with E-state index in [0.717, 1.165) is 22.2 Å². The van der Waals surface area contributed by atoms with Crippen molar-refractivity contribution in [2.24, 2.45) is 0 Å². The molecule has 29 heavy (non-hydrogen) atoms. The fourth-order valence-corrected chi connectivity index (χ4v) is 2.94. The van der Waals surface area contributed by atoms with Crippen LogP contribution in [0.2, 0.25) is 0 Å². The van der Waals surface area contributed by atoms with Gasteiger partial charge >= 0.3 is 5.97 Å². The van der Waals surface area contributed by atoms with Gasteiger partial charge in [-0.2, -0.15) is 0 Å². The molecule has 0 spiro atoms. The third-order valence-electron chi connectivity index (χ3n) is 4.34. The Labute approximate surface area is 165 Å². The summed E-state index contributed by atoms with van der Waals surface area (Å²) in [6.07, 6.45) is 1.88. The molecule has 4 rings (SSSR count). The number of hydrogen-bond acceptors (Lipinski definition) is 5. The minimum atomic E-state index is -1.11. The second kappa shape index (κ2) is 7.89. The molecule has 8 heteroatoms. The van der Waals surface area contributed by atoms with Crippen LogP contribution in [0.5, 0.6) is 0 Å². The monoisotopic (exact) mass is 387 g/mol. The van der Waals surface area contributed by atoms with Gasteiger partial charge in [-0.25, -0.2) is 9.67 Å². The molecule has 0 atom stereocenters. The van der Waals surface area contributed by atoms with E-state index >= 15 is 0 Å². The fraction of sp³-hybridized carbons (Fsp3) is 0.0952. The Morgan fingerprint density at radius 2 is 1.86 bits per heavy atom. The molecule has 2 heterocycles. The first kappa shape index (κ1) is 18.3. The molecule has 1 amide bonds. The highest BCUT2D eigenvalue weighted by Crippen LogP contribution is 2.22. The molecule has 0 unspecified atom stereocenters. The number of carbonyl (C=O) groups is 2. The van der Waals surface area contributed by atoms with E-state index in [9.17, 15) is 9.59 Å². The molecule has 0 radical (unpaired) electrons. The lowest BCUT2D eigenvalue weighted by atomic mass is 10.1. The van der Waals surface area contributed by atoms with Gasteiger partial charge in [0.1, 0.15) is 17.9 Å². The lowest BCUT2D eigenvalue weighted by Gasteiger charge is -2.05. The van der Waals surface area contributed by atoms with E-state index in [1.807, 2.05) is 48.7 Å². The molecule has 4 aromatic rings. The van der Waals surface area contributed by atoms with E-state index in [2.05, 4.69) is 20.6 Å². The second-order valence-electron chi connectivity index (χ2n) is 6.47. The van der Waals surface area contributed by atoms with E-state index in [-0.39, 0.29) is 5.69 Å². The first-order valence-corrected chi connectivity index (χ1v) is 8.94. The van der Waals surface area contributed by atoms with E-state index in [1.165, 1.54) is 0 Å². The summed E-state index contributed by atoms with van der Waals surface area (Å²) >= 11 is 0. The minimum absolute atomic E-state index is 0.167. The molecule has 2 aromatic heterocycles. The van der Waals surface area contributed by atoms with E-state index < -0.39 is 18.4 Å². The number of nitrogens with one attached hydrogen (secondary N) is 1. The van der Waals surface area contributed by atoms with Crippen LogP contribution in [0.1, 0.15) is 16.1 Å². The third kappa shape index (κ3) is 4.27. The zero-order chi connectivity index (χ0) is 20.2. The highest BCUT2D eigenvalue weighted by molar-refractivity contribution is 5.96. The number of carbonyl (C=O) groups excluding carboxylic acids is 1. The lowest BCUT2D eigenvalue weighted by molar-refractivity contribution is -0.135. The van der Waals surface area contributed by atoms with Gasteiger partial charge in [0.05, 0.1) is 18.3 Å². The summed E-state index contributed by atoms with van der Waals surface area (Å²) in [5.41, 5.74) is 3.57. The number of aliphatic carboxylic acids is 1. The van der Waals surface area contributed by atoms with Crippen LogP contribution in [0, 0.1) is 0 Å². The van der Waals surface area contributed by atoms with Gasteiger partial charge in [-0.3, -0.25) is 9.59 Å². The largest absolute Gasteiger partial charge is 0.480 e. The van der Waals surface area contributed by atoms with Crippen LogP contribution in [0.3, 0.4) is 0 Å². The third-order valence-corrected chi connectivity index (χ3v) is 4.34. The van der Waals surface area contributed by atoms with Gasteiger partial charge < -0.3 is 10.4 Å². The first-order valence-electron chi connectivity index (χ1n) is 8.94. The Morgan fingerprint density at radius 3 is 2.66 bits per heavy atom. The van der Waals surface area contributed by atoms with Crippen molar-refractivity contribution < 1.29 is 14.7 Å². The summed E-state index contributed by atoms with van der Waals surface area (Å²) in [5, 5.41) is 20.2. The number of hydrogen-bond donors (Lipinski definition) is 2. The van der Waals surface area contributed by atoms with Crippen molar-refractivity contribution in [1.29, 1.82) is 0 Å². The van der Waals surface area contributed by atoms with Crippen molar-refractivity contribution in [3.8, 4) is 11.3 Å². The van der Waals surface area contributed by atoms with Gasteiger partial charge in [-0.15, -0.1) is 5.10 Å². The number of nitrogens with zero attached hydrogens (tertiary/aromatic N) is 4. The average molecular weight is 387 g/mol. The smallest absolute Gasteiger partial charge is 0.322 e. The van der Waals surface area contributed by atoms with Crippen LogP contribution in [-0.2, 0) is 11.3 Å². The first-order chi connectivity index (χ1) is 14.1. The van der Waals surface area contributed by atoms with Gasteiger partial charge in [0, 0.05) is 10.9 Å². The van der Waals surface area contributed by atoms with Crippen LogP contribution in [0.25, 0.3) is 22.2 Å². The van der Waals surface area contributed by atoms with Crippen LogP contribution >= 0.6 is 0 Å². The van der Waals surface area contributed by atoms with Gasteiger partial charge in [-0.05, 0) is 23.8 Å². The highest BCUT2D eigenvalue weighted by Gasteiger charge is 2.11. The van der Waals surface area contributed by atoms with Crippen molar-refractivity contribution in [3.05, 3.63) is 78.1 Å². The van der Waals surface area contributed by atoms with Crippen molar-refractivity contribution in [2.75, 3.05) is 6.54 Å². The molecule has 0 aliphatic carbocycles. The van der Waals surface area contributed by atoms with Gasteiger partial charge in [0.25, 0.3) is 5.91 Å². The second-order valence-corrected chi connectivity index (χ2v) is 6.47. The van der Waals surface area contributed by atoms with E-state index in [4.69, 9.17) is 5.11 Å². The maximum atomic E-state index is 12.0. The van der Waals surface area contributed by atoms with Crippen molar-refractivity contribution >= 4 is 22.8 Å².